The summed E-state index contributed by atoms with van der Waals surface area (Å²) in [5, 5.41) is 10.3. The third-order valence-corrected chi connectivity index (χ3v) is 4.04. The topological polar surface area (TPSA) is 53.7 Å². The Morgan fingerprint density at radius 3 is 2.58 bits per heavy atom. The van der Waals surface area contributed by atoms with Crippen LogP contribution in [0.4, 0.5) is 0 Å². The first kappa shape index (κ1) is 16.4. The van der Waals surface area contributed by atoms with Crippen LogP contribution in [0, 0.1) is 6.92 Å². The van der Waals surface area contributed by atoms with E-state index >= 15 is 0 Å². The van der Waals surface area contributed by atoms with Gasteiger partial charge in [0.05, 0.1) is 6.61 Å². The lowest BCUT2D eigenvalue weighted by Crippen LogP contribution is -2.26. The molecule has 1 heterocycles. The van der Waals surface area contributed by atoms with E-state index in [4.69, 9.17) is 4.42 Å². The molecule has 0 aliphatic rings. The van der Waals surface area contributed by atoms with Gasteiger partial charge in [0.15, 0.2) is 0 Å². The molecule has 0 radical (unpaired) electrons. The summed E-state index contributed by atoms with van der Waals surface area (Å²) in [7, 11) is 0. The molecular weight excluding hydrogens is 302 g/mol. The van der Waals surface area contributed by atoms with E-state index in [-0.39, 0.29) is 12.2 Å². The molecule has 0 saturated carbocycles. The van der Waals surface area contributed by atoms with Crippen LogP contribution in [0.1, 0.15) is 16.7 Å². The highest BCUT2D eigenvalue weighted by Crippen LogP contribution is 2.20. The molecule has 0 fully saturated rings. The highest BCUT2D eigenvalue weighted by Gasteiger charge is 2.11. The van der Waals surface area contributed by atoms with Crippen molar-refractivity contribution >= 4 is 11.0 Å². The lowest BCUT2D eigenvalue weighted by Gasteiger charge is -2.22. The first-order chi connectivity index (χ1) is 11.7. The maximum Gasteiger partial charge on any atom is 0.336 e. The van der Waals surface area contributed by atoms with E-state index in [9.17, 15) is 9.90 Å². The van der Waals surface area contributed by atoms with Gasteiger partial charge in [-0.1, -0.05) is 42.5 Å². The molecule has 4 nitrogen and oxygen atoms in total. The van der Waals surface area contributed by atoms with E-state index in [2.05, 4.69) is 17.0 Å². The van der Waals surface area contributed by atoms with Gasteiger partial charge in [0, 0.05) is 31.1 Å². The minimum atomic E-state index is -0.341. The Hall–Kier alpha value is -2.43. The molecule has 0 unspecified atom stereocenters. The average molecular weight is 323 g/mol. The van der Waals surface area contributed by atoms with Crippen molar-refractivity contribution in [1.82, 2.24) is 4.90 Å². The van der Waals surface area contributed by atoms with Crippen molar-refractivity contribution in [1.29, 1.82) is 0 Å². The van der Waals surface area contributed by atoms with Crippen LogP contribution in [-0.2, 0) is 13.1 Å². The fourth-order valence-electron chi connectivity index (χ4n) is 2.91. The zero-order valence-corrected chi connectivity index (χ0v) is 13.7. The van der Waals surface area contributed by atoms with Crippen LogP contribution in [0.5, 0.6) is 0 Å². The Morgan fingerprint density at radius 2 is 1.83 bits per heavy atom. The third kappa shape index (κ3) is 3.91. The van der Waals surface area contributed by atoms with Gasteiger partial charge in [-0.3, -0.25) is 4.90 Å². The van der Waals surface area contributed by atoms with Gasteiger partial charge in [0.1, 0.15) is 5.58 Å². The van der Waals surface area contributed by atoms with Gasteiger partial charge in [-0.25, -0.2) is 4.79 Å². The summed E-state index contributed by atoms with van der Waals surface area (Å²) < 4.78 is 5.32. The zero-order valence-electron chi connectivity index (χ0n) is 13.7. The molecule has 1 aromatic heterocycles. The summed E-state index contributed by atoms with van der Waals surface area (Å²) in [6, 6.07) is 17.5. The molecule has 1 N–H and O–H groups in total. The molecule has 3 aromatic rings. The summed E-state index contributed by atoms with van der Waals surface area (Å²) in [5.74, 6) is 0. The van der Waals surface area contributed by atoms with Crippen LogP contribution in [0.3, 0.4) is 0 Å². The van der Waals surface area contributed by atoms with Crippen LogP contribution in [0.15, 0.2) is 63.8 Å². The van der Waals surface area contributed by atoms with Gasteiger partial charge in [-0.05, 0) is 29.7 Å². The Bertz CT molecular complexity index is 871. The molecule has 4 heteroatoms. The van der Waals surface area contributed by atoms with Gasteiger partial charge in [-0.15, -0.1) is 0 Å². The number of aryl methyl sites for hydroxylation is 1. The number of hydrogen-bond donors (Lipinski definition) is 1. The predicted molar refractivity (Wildman–Crippen MR) is 94.9 cm³/mol. The number of hydrogen-bond acceptors (Lipinski definition) is 4. The standard InChI is InChI=1S/C20H21NO3/c1-15-7-8-18-17(12-20(23)24-19(18)11-15)14-21(9-10-22)13-16-5-3-2-4-6-16/h2-8,11-12,22H,9-10,13-14H2,1H3. The number of benzene rings is 2. The molecule has 0 amide bonds. The van der Waals surface area contributed by atoms with Crippen LogP contribution < -0.4 is 5.63 Å². The average Bonchev–Trinajstić information content (AvgIpc) is 2.55. The van der Waals surface area contributed by atoms with Crippen molar-refractivity contribution < 1.29 is 9.52 Å². The van der Waals surface area contributed by atoms with Crippen molar-refractivity contribution in [3.05, 3.63) is 81.7 Å². The van der Waals surface area contributed by atoms with Crippen LogP contribution in [0.25, 0.3) is 11.0 Å². The van der Waals surface area contributed by atoms with Crippen molar-refractivity contribution in [2.75, 3.05) is 13.2 Å². The number of fused-ring (bicyclic) bond motifs is 1. The maximum atomic E-state index is 11.9. The highest BCUT2D eigenvalue weighted by atomic mass is 16.4. The van der Waals surface area contributed by atoms with E-state index in [1.807, 2.05) is 43.3 Å². The molecule has 3 rings (SSSR count). The largest absolute Gasteiger partial charge is 0.423 e. The smallest absolute Gasteiger partial charge is 0.336 e. The SMILES string of the molecule is Cc1ccc2c(CN(CCO)Cc3ccccc3)cc(=O)oc2c1. The van der Waals surface area contributed by atoms with E-state index in [1.54, 1.807) is 6.07 Å². The summed E-state index contributed by atoms with van der Waals surface area (Å²) in [6.45, 7) is 3.89. The van der Waals surface area contributed by atoms with Crippen molar-refractivity contribution in [3.8, 4) is 0 Å². The lowest BCUT2D eigenvalue weighted by atomic mass is 10.1. The Kier molecular flexibility index (Phi) is 5.08. The van der Waals surface area contributed by atoms with Gasteiger partial charge >= 0.3 is 5.63 Å². The van der Waals surface area contributed by atoms with E-state index in [0.29, 0.717) is 18.7 Å². The van der Waals surface area contributed by atoms with E-state index in [0.717, 1.165) is 23.1 Å². The van der Waals surface area contributed by atoms with Crippen LogP contribution in [0.2, 0.25) is 0 Å². The number of rotatable bonds is 6. The summed E-state index contributed by atoms with van der Waals surface area (Å²) >= 11 is 0. The number of aliphatic hydroxyl groups is 1. The fourth-order valence-corrected chi connectivity index (χ4v) is 2.91. The predicted octanol–water partition coefficient (Wildman–Crippen LogP) is 3.10. The Balaban J connectivity index is 1.92. The summed E-state index contributed by atoms with van der Waals surface area (Å²) in [6.07, 6.45) is 0. The van der Waals surface area contributed by atoms with E-state index < -0.39 is 0 Å². The second-order valence-corrected chi connectivity index (χ2v) is 6.01. The van der Waals surface area contributed by atoms with Gasteiger partial charge in [0.2, 0.25) is 0 Å². The molecule has 0 spiro atoms. The summed E-state index contributed by atoms with van der Waals surface area (Å²) in [4.78, 5) is 14.0. The first-order valence-electron chi connectivity index (χ1n) is 8.06. The summed E-state index contributed by atoms with van der Waals surface area (Å²) in [5.41, 5.74) is 3.42. The normalized spacial score (nSPS) is 11.3. The van der Waals surface area contributed by atoms with Gasteiger partial charge in [0.25, 0.3) is 0 Å². The zero-order chi connectivity index (χ0) is 16.9. The number of nitrogens with zero attached hydrogens (tertiary/aromatic N) is 1. The van der Waals surface area contributed by atoms with Crippen molar-refractivity contribution in [2.24, 2.45) is 0 Å². The van der Waals surface area contributed by atoms with Gasteiger partial charge in [-0.2, -0.15) is 0 Å². The Morgan fingerprint density at radius 1 is 1.04 bits per heavy atom. The highest BCUT2D eigenvalue weighted by molar-refractivity contribution is 5.80. The quantitative estimate of drug-likeness (QED) is 0.708. The molecule has 0 bridgehead atoms. The second kappa shape index (κ2) is 7.43. The van der Waals surface area contributed by atoms with Crippen LogP contribution >= 0.6 is 0 Å². The van der Waals surface area contributed by atoms with Crippen molar-refractivity contribution in [2.45, 2.75) is 20.0 Å². The fraction of sp³-hybridized carbons (Fsp3) is 0.250. The van der Waals surface area contributed by atoms with E-state index in [1.165, 1.54) is 5.56 Å². The first-order valence-corrected chi connectivity index (χ1v) is 8.06. The minimum Gasteiger partial charge on any atom is -0.423 e. The maximum absolute atomic E-state index is 11.9. The molecular formula is C20H21NO3. The van der Waals surface area contributed by atoms with Crippen molar-refractivity contribution in [3.63, 3.8) is 0 Å². The minimum absolute atomic E-state index is 0.0747. The molecule has 2 aromatic carbocycles. The third-order valence-electron chi connectivity index (χ3n) is 4.04. The lowest BCUT2D eigenvalue weighted by molar-refractivity contribution is 0.184. The molecule has 0 saturated heterocycles. The Labute approximate surface area is 141 Å². The molecule has 0 aliphatic carbocycles. The molecule has 0 atom stereocenters. The monoisotopic (exact) mass is 323 g/mol. The second-order valence-electron chi connectivity index (χ2n) is 6.01. The number of aliphatic hydroxyl groups excluding tert-OH is 1. The molecule has 0 aliphatic heterocycles. The molecule has 24 heavy (non-hydrogen) atoms. The van der Waals surface area contributed by atoms with Gasteiger partial charge < -0.3 is 9.52 Å². The molecule has 124 valence electrons. The van der Waals surface area contributed by atoms with Crippen LogP contribution in [-0.4, -0.2) is 23.2 Å².